The zero-order valence-electron chi connectivity index (χ0n) is 23.3. The summed E-state index contributed by atoms with van der Waals surface area (Å²) in [5.41, 5.74) is 0. The van der Waals surface area contributed by atoms with Gasteiger partial charge in [-0.2, -0.15) is 0 Å². The van der Waals surface area contributed by atoms with Crippen LogP contribution in [-0.2, 0) is 0 Å². The number of hydrogen-bond acceptors (Lipinski definition) is 4. The van der Waals surface area contributed by atoms with E-state index in [-0.39, 0.29) is 0 Å². The van der Waals surface area contributed by atoms with Crippen molar-refractivity contribution in [2.24, 2.45) is 0 Å². The molecule has 0 spiro atoms. The zero-order chi connectivity index (χ0) is 25.8. The fraction of sp³-hybridized carbons (Fsp3) is 1.00. The first-order chi connectivity index (χ1) is 16.3. The second kappa shape index (κ2) is 30.1. The van der Waals surface area contributed by atoms with Crippen molar-refractivity contribution in [3.05, 3.63) is 0 Å². The summed E-state index contributed by atoms with van der Waals surface area (Å²) in [4.78, 5) is 34.3. The van der Waals surface area contributed by atoms with Gasteiger partial charge in [-0.05, 0) is 0 Å². The van der Waals surface area contributed by atoms with E-state index < -0.39 is 28.8 Å². The molecule has 0 saturated carbocycles. The fourth-order valence-electron chi connectivity index (χ4n) is 4.53. The van der Waals surface area contributed by atoms with Crippen molar-refractivity contribution in [3.8, 4) is 0 Å². The molecule has 0 aromatic heterocycles. The van der Waals surface area contributed by atoms with Gasteiger partial charge >= 0.3 is 195 Å². The van der Waals surface area contributed by atoms with Crippen LogP contribution in [0, 0.1) is 0 Å². The van der Waals surface area contributed by atoms with Crippen LogP contribution in [0.1, 0.15) is 162 Å². The van der Waals surface area contributed by atoms with Gasteiger partial charge in [-0.1, -0.05) is 0 Å². The van der Waals surface area contributed by atoms with Gasteiger partial charge in [0.15, 0.2) is 0 Å². The minimum absolute atomic E-state index is 1.01. The first-order valence-electron chi connectivity index (χ1n) is 15.0. The van der Waals surface area contributed by atoms with Crippen LogP contribution in [0.25, 0.3) is 0 Å². The molecule has 0 aliphatic heterocycles. The molecule has 5 radical (unpaired) electrons. The second-order valence-corrected chi connectivity index (χ2v) is 19.8. The smallest absolute Gasteiger partial charge is 0.894 e. The summed E-state index contributed by atoms with van der Waals surface area (Å²) in [6.45, 7) is 7.02. The predicted octanol–water partition coefficient (Wildman–Crippen LogP) is 5.99. The molecule has 0 rings (SSSR count). The predicted molar refractivity (Wildman–Crippen MR) is 145 cm³/mol. The molecule has 0 saturated heterocycles. The number of hydrogen-bond donors (Lipinski definition) is 0. The molecule has 6 heteroatoms. The Morgan fingerprint density at radius 3 is 0.824 bits per heavy atom. The summed E-state index contributed by atoms with van der Waals surface area (Å²) >= 11 is -1.01. The Kier molecular flexibility index (Phi) is 32.7. The van der Waals surface area contributed by atoms with Gasteiger partial charge < -0.3 is 28.2 Å². The van der Waals surface area contributed by atoms with Gasteiger partial charge in [-0.15, -0.1) is 0 Å². The second-order valence-electron chi connectivity index (χ2n) is 10.2. The molecule has 0 aliphatic rings. The van der Waals surface area contributed by atoms with Gasteiger partial charge in [-0.25, -0.2) is 0 Å². The van der Waals surface area contributed by atoms with E-state index in [1.807, 2.05) is 0 Å². The van der Waals surface area contributed by atoms with E-state index in [0.29, 0.717) is 0 Å². The van der Waals surface area contributed by atoms with E-state index in [0.717, 1.165) is 0 Å². The van der Waals surface area contributed by atoms with Crippen LogP contribution in [0.15, 0.2) is 0 Å². The molecule has 0 amide bonds. The van der Waals surface area contributed by atoms with Crippen molar-refractivity contribution in [2.75, 3.05) is 0 Å². The maximum absolute atomic E-state index is 8.58. The van der Waals surface area contributed by atoms with Crippen molar-refractivity contribution >= 4 is 28.8 Å². The Balaban J connectivity index is 0. The van der Waals surface area contributed by atoms with Gasteiger partial charge in [0.2, 0.25) is 0 Å². The third-order valence-corrected chi connectivity index (χ3v) is 15.7. The van der Waals surface area contributed by atoms with Crippen LogP contribution < -0.4 is 19.2 Å². The number of rotatable bonds is 25. The van der Waals surface area contributed by atoms with Gasteiger partial charge in [0.25, 0.3) is 0 Å². The van der Waals surface area contributed by atoms with E-state index in [1.165, 1.54) is 109 Å². The third kappa shape index (κ3) is 40.0. The number of unbranched alkanes of at least 4 members (excludes halogenated alkanes) is 19. The van der Waals surface area contributed by atoms with Gasteiger partial charge in [-0.3, -0.25) is 0 Å². The summed E-state index contributed by atoms with van der Waals surface area (Å²) in [7, 11) is -5.61. The molecule has 0 aromatic carbocycles. The van der Waals surface area contributed by atoms with E-state index in [4.69, 9.17) is 19.2 Å². The SMILES string of the molecule is CCCCCCCCCCC[CH2][Sn+4]([CH2]CCC)[CH2]CCCCCCCCCCC.[O-][Si]([O-])([O-])[O-]. The quantitative estimate of drug-likeness (QED) is 0.0944. The van der Waals surface area contributed by atoms with Gasteiger partial charge in [0.05, 0.1) is 0 Å². The topological polar surface area (TPSA) is 92.2 Å². The standard InChI is InChI=1S/2C12H25.C4H9.O4Si.Sn/c2*1-3-5-7-9-11-12-10-8-6-4-2;1-3-4-2;1-5(2,3)4;/h2*1,3-12H2,2H3;1,3-4H2,2H3;;/q;;;-4;+4. The molecule has 4 nitrogen and oxygen atoms in total. The van der Waals surface area contributed by atoms with E-state index >= 15 is 0 Å². The average molecular weight is 607 g/mol. The van der Waals surface area contributed by atoms with Gasteiger partial charge in [0, 0.05) is 0 Å². The zero-order valence-corrected chi connectivity index (χ0v) is 27.2. The Morgan fingerprint density at radius 2 is 0.559 bits per heavy atom. The van der Waals surface area contributed by atoms with Crippen molar-refractivity contribution in [1.82, 2.24) is 0 Å². The molecule has 0 atom stereocenters. The Hall–Kier alpha value is 0.856. The molecule has 0 aromatic rings. The first-order valence-corrected chi connectivity index (χ1v) is 22.7. The maximum atomic E-state index is 8.58. The van der Waals surface area contributed by atoms with Crippen molar-refractivity contribution in [3.63, 3.8) is 0 Å². The summed E-state index contributed by atoms with van der Waals surface area (Å²) in [5, 5.41) is 0. The van der Waals surface area contributed by atoms with Crippen LogP contribution in [0.3, 0.4) is 0 Å². The van der Waals surface area contributed by atoms with Crippen molar-refractivity contribution < 1.29 is 19.2 Å². The molecular weight excluding hydrogens is 547 g/mol. The van der Waals surface area contributed by atoms with Crippen molar-refractivity contribution in [1.29, 1.82) is 0 Å². The van der Waals surface area contributed by atoms with Crippen LogP contribution in [0.2, 0.25) is 13.3 Å². The van der Waals surface area contributed by atoms with E-state index in [1.54, 1.807) is 45.4 Å². The van der Waals surface area contributed by atoms with Crippen molar-refractivity contribution in [2.45, 2.75) is 175 Å². The first kappa shape index (κ1) is 37.0. The summed E-state index contributed by atoms with van der Waals surface area (Å²) in [6.07, 6.45) is 32.9. The van der Waals surface area contributed by atoms with Crippen LogP contribution in [-0.4, -0.2) is 28.8 Å². The summed E-state index contributed by atoms with van der Waals surface area (Å²) in [5.74, 6) is 0. The monoisotopic (exact) mass is 607 g/mol. The molecule has 0 unspecified atom stereocenters. The summed E-state index contributed by atoms with van der Waals surface area (Å²) in [6, 6.07) is 0. The minimum atomic E-state index is -5.61. The molecule has 0 fully saturated rings. The minimum Gasteiger partial charge on any atom is -0.894 e. The average Bonchev–Trinajstić information content (AvgIpc) is 2.78. The summed E-state index contributed by atoms with van der Waals surface area (Å²) < 4.78 is 5.14. The Labute approximate surface area is 222 Å². The van der Waals surface area contributed by atoms with Crippen LogP contribution >= 0.6 is 0 Å². The Bertz CT molecular complexity index is 337. The van der Waals surface area contributed by atoms with Crippen LogP contribution in [0.4, 0.5) is 0 Å². The molecule has 0 bridgehead atoms. The third-order valence-electron chi connectivity index (χ3n) is 6.65. The molecule has 0 aliphatic carbocycles. The molecular formula is C28H59O4SiSn. The molecule has 203 valence electrons. The molecule has 34 heavy (non-hydrogen) atoms. The molecule has 0 heterocycles. The normalized spacial score (nSPS) is 11.6. The molecule has 0 N–H and O–H groups in total. The van der Waals surface area contributed by atoms with E-state index in [2.05, 4.69) is 20.8 Å². The van der Waals surface area contributed by atoms with Gasteiger partial charge in [0.1, 0.15) is 0 Å². The Morgan fingerprint density at radius 1 is 0.353 bits per heavy atom. The van der Waals surface area contributed by atoms with Crippen LogP contribution in [0.5, 0.6) is 0 Å². The fourth-order valence-corrected chi connectivity index (χ4v) is 13.4. The van der Waals surface area contributed by atoms with E-state index in [9.17, 15) is 0 Å².